The molecule has 1 aromatic heterocycles. The van der Waals surface area contributed by atoms with Crippen molar-refractivity contribution in [2.24, 2.45) is 0 Å². The van der Waals surface area contributed by atoms with E-state index >= 15 is 0 Å². The van der Waals surface area contributed by atoms with Crippen LogP contribution in [0.2, 0.25) is 0 Å². The molecule has 2 heterocycles. The first-order valence-corrected chi connectivity index (χ1v) is 6.50. The number of benzene rings is 1. The van der Waals surface area contributed by atoms with Crippen molar-refractivity contribution in [1.82, 2.24) is 19.7 Å². The van der Waals surface area contributed by atoms with E-state index in [0.717, 1.165) is 10.1 Å². The smallest absolute Gasteiger partial charge is 0.398 e. The van der Waals surface area contributed by atoms with Gasteiger partial charge in [-0.3, -0.25) is 4.90 Å². The number of rotatable bonds is 2. The second-order valence-electron chi connectivity index (χ2n) is 5.00. The van der Waals surface area contributed by atoms with Crippen LogP contribution in [0.5, 0.6) is 0 Å². The Balaban J connectivity index is 1.77. The van der Waals surface area contributed by atoms with Gasteiger partial charge in [0.15, 0.2) is 0 Å². The van der Waals surface area contributed by atoms with Crippen LogP contribution in [0.1, 0.15) is 17.2 Å². The standard InChI is InChI=1S/C13H14F3N5/c14-13(15,16)12-19-18-11-8-20(5-6-21(11)12)7-9-3-1-2-4-10(9)17/h1-4H,5-8,17H2. The summed E-state index contributed by atoms with van der Waals surface area (Å²) in [5, 5.41) is 6.92. The Hall–Kier alpha value is -2.09. The van der Waals surface area contributed by atoms with Crippen LogP contribution in [0.25, 0.3) is 0 Å². The number of nitrogens with zero attached hydrogens (tertiary/aromatic N) is 4. The van der Waals surface area contributed by atoms with Gasteiger partial charge in [0, 0.05) is 25.3 Å². The maximum atomic E-state index is 12.8. The molecule has 1 aromatic carbocycles. The van der Waals surface area contributed by atoms with Gasteiger partial charge >= 0.3 is 6.18 Å². The molecule has 21 heavy (non-hydrogen) atoms. The Morgan fingerprint density at radius 2 is 1.90 bits per heavy atom. The lowest BCUT2D eigenvalue weighted by Crippen LogP contribution is -2.35. The topological polar surface area (TPSA) is 60.0 Å². The summed E-state index contributed by atoms with van der Waals surface area (Å²) in [7, 11) is 0. The van der Waals surface area contributed by atoms with Crippen molar-refractivity contribution in [3.05, 3.63) is 41.5 Å². The molecule has 0 radical (unpaired) electrons. The third kappa shape index (κ3) is 2.71. The predicted octanol–water partition coefficient (Wildman–Crippen LogP) is 1.89. The molecule has 2 aromatic rings. The SMILES string of the molecule is Nc1ccccc1CN1CCn2c(nnc2C(F)(F)F)C1. The van der Waals surface area contributed by atoms with E-state index in [-0.39, 0.29) is 6.54 Å². The summed E-state index contributed by atoms with van der Waals surface area (Å²) in [6.07, 6.45) is -4.46. The second kappa shape index (κ2) is 5.03. The zero-order valence-corrected chi connectivity index (χ0v) is 11.1. The Morgan fingerprint density at radius 1 is 1.14 bits per heavy atom. The van der Waals surface area contributed by atoms with Gasteiger partial charge in [-0.2, -0.15) is 13.2 Å². The molecule has 0 saturated heterocycles. The summed E-state index contributed by atoms with van der Waals surface area (Å²) in [6, 6.07) is 7.46. The van der Waals surface area contributed by atoms with Gasteiger partial charge in [-0.15, -0.1) is 10.2 Å². The molecule has 1 aliphatic heterocycles. The summed E-state index contributed by atoms with van der Waals surface area (Å²) in [6.45, 7) is 1.64. The van der Waals surface area contributed by atoms with Crippen LogP contribution >= 0.6 is 0 Å². The number of aromatic nitrogens is 3. The summed E-state index contributed by atoms with van der Waals surface area (Å²) < 4.78 is 39.4. The van der Waals surface area contributed by atoms with Gasteiger partial charge in [-0.05, 0) is 11.6 Å². The number of alkyl halides is 3. The molecule has 2 N–H and O–H groups in total. The molecule has 5 nitrogen and oxygen atoms in total. The Bertz CT molecular complexity index is 649. The van der Waals surface area contributed by atoms with Gasteiger partial charge in [0.25, 0.3) is 0 Å². The fraction of sp³-hybridized carbons (Fsp3) is 0.385. The van der Waals surface area contributed by atoms with Gasteiger partial charge in [-0.1, -0.05) is 18.2 Å². The Kier molecular flexibility index (Phi) is 3.32. The van der Waals surface area contributed by atoms with Gasteiger partial charge in [0.2, 0.25) is 5.82 Å². The summed E-state index contributed by atoms with van der Waals surface area (Å²) in [4.78, 5) is 2.01. The highest BCUT2D eigenvalue weighted by molar-refractivity contribution is 5.46. The lowest BCUT2D eigenvalue weighted by molar-refractivity contribution is -0.148. The van der Waals surface area contributed by atoms with Crippen LogP contribution in [-0.2, 0) is 25.8 Å². The molecule has 0 spiro atoms. The zero-order chi connectivity index (χ0) is 15.0. The predicted molar refractivity (Wildman–Crippen MR) is 70.0 cm³/mol. The zero-order valence-electron chi connectivity index (χ0n) is 11.1. The van der Waals surface area contributed by atoms with Crippen molar-refractivity contribution in [3.63, 3.8) is 0 Å². The molecule has 1 aliphatic rings. The van der Waals surface area contributed by atoms with Crippen molar-refractivity contribution >= 4 is 5.69 Å². The molecular formula is C13H14F3N5. The highest BCUT2D eigenvalue weighted by Crippen LogP contribution is 2.29. The minimum atomic E-state index is -4.46. The lowest BCUT2D eigenvalue weighted by atomic mass is 10.1. The fourth-order valence-corrected chi connectivity index (χ4v) is 2.47. The average Bonchev–Trinajstić information content (AvgIpc) is 2.84. The minimum absolute atomic E-state index is 0.226. The maximum absolute atomic E-state index is 12.8. The van der Waals surface area contributed by atoms with E-state index in [1.165, 1.54) is 0 Å². The molecule has 8 heteroatoms. The van der Waals surface area contributed by atoms with Gasteiger partial charge in [0.1, 0.15) is 5.82 Å². The van der Waals surface area contributed by atoms with Crippen LogP contribution in [0, 0.1) is 0 Å². The van der Waals surface area contributed by atoms with Crippen molar-refractivity contribution in [3.8, 4) is 0 Å². The largest absolute Gasteiger partial charge is 0.451 e. The Morgan fingerprint density at radius 3 is 2.62 bits per heavy atom. The monoisotopic (exact) mass is 297 g/mol. The number of para-hydroxylation sites is 1. The molecule has 0 saturated carbocycles. The van der Waals surface area contributed by atoms with E-state index in [1.807, 2.05) is 29.2 Å². The summed E-state index contributed by atoms with van der Waals surface area (Å²) in [5.41, 5.74) is 7.53. The highest BCUT2D eigenvalue weighted by atomic mass is 19.4. The normalized spacial score (nSPS) is 16.0. The van der Waals surface area contributed by atoms with Crippen molar-refractivity contribution in [2.45, 2.75) is 25.8 Å². The van der Waals surface area contributed by atoms with E-state index in [9.17, 15) is 13.2 Å². The minimum Gasteiger partial charge on any atom is -0.398 e. The first kappa shape index (κ1) is 13.9. The molecule has 0 unspecified atom stereocenters. The summed E-state index contributed by atoms with van der Waals surface area (Å²) in [5.74, 6) is -0.584. The lowest BCUT2D eigenvalue weighted by Gasteiger charge is -2.28. The quantitative estimate of drug-likeness (QED) is 0.860. The number of fused-ring (bicyclic) bond motifs is 1. The van der Waals surface area contributed by atoms with Gasteiger partial charge in [-0.25, -0.2) is 0 Å². The van der Waals surface area contributed by atoms with Crippen molar-refractivity contribution in [1.29, 1.82) is 0 Å². The van der Waals surface area contributed by atoms with Crippen LogP contribution < -0.4 is 5.73 Å². The first-order chi connectivity index (χ1) is 9.95. The number of hydrogen-bond acceptors (Lipinski definition) is 4. The van der Waals surface area contributed by atoms with Crippen LogP contribution in [-0.4, -0.2) is 26.2 Å². The van der Waals surface area contributed by atoms with E-state index in [2.05, 4.69) is 10.2 Å². The molecular weight excluding hydrogens is 283 g/mol. The number of nitrogens with two attached hydrogens (primary N) is 1. The molecule has 3 rings (SSSR count). The van der Waals surface area contributed by atoms with Crippen LogP contribution in [0.3, 0.4) is 0 Å². The van der Waals surface area contributed by atoms with E-state index in [1.54, 1.807) is 0 Å². The number of nitrogen functional groups attached to an aromatic ring is 1. The molecule has 0 bridgehead atoms. The number of hydrogen-bond donors (Lipinski definition) is 1. The second-order valence-corrected chi connectivity index (χ2v) is 5.00. The van der Waals surface area contributed by atoms with Crippen molar-refractivity contribution < 1.29 is 13.2 Å². The third-order valence-corrected chi connectivity index (χ3v) is 3.53. The molecule has 112 valence electrons. The van der Waals surface area contributed by atoms with Gasteiger partial charge in [0.05, 0.1) is 6.54 Å². The summed E-state index contributed by atoms with van der Waals surface area (Å²) >= 11 is 0. The molecule has 0 amide bonds. The van der Waals surface area contributed by atoms with E-state index < -0.39 is 12.0 Å². The number of anilines is 1. The first-order valence-electron chi connectivity index (χ1n) is 6.50. The van der Waals surface area contributed by atoms with Crippen molar-refractivity contribution in [2.75, 3.05) is 12.3 Å². The number of halogens is 3. The molecule has 0 fully saturated rings. The van der Waals surface area contributed by atoms with Gasteiger partial charge < -0.3 is 10.3 Å². The molecule has 0 atom stereocenters. The van der Waals surface area contributed by atoms with Crippen LogP contribution in [0.4, 0.5) is 18.9 Å². The highest BCUT2D eigenvalue weighted by Gasteiger charge is 2.39. The fourth-order valence-electron chi connectivity index (χ4n) is 2.47. The third-order valence-electron chi connectivity index (χ3n) is 3.53. The molecule has 0 aliphatic carbocycles. The van der Waals surface area contributed by atoms with Crippen LogP contribution in [0.15, 0.2) is 24.3 Å². The average molecular weight is 297 g/mol. The van der Waals surface area contributed by atoms with E-state index in [4.69, 9.17) is 5.73 Å². The maximum Gasteiger partial charge on any atom is 0.451 e. The Labute approximate surface area is 119 Å². The van der Waals surface area contributed by atoms with E-state index in [0.29, 0.717) is 31.1 Å².